The van der Waals surface area contributed by atoms with Crippen molar-refractivity contribution in [2.45, 2.75) is 25.9 Å². The highest BCUT2D eigenvalue weighted by Gasteiger charge is 2.38. The summed E-state index contributed by atoms with van der Waals surface area (Å²) in [4.78, 5) is 32.0. The molecule has 31 heavy (non-hydrogen) atoms. The summed E-state index contributed by atoms with van der Waals surface area (Å²) in [5.74, 6) is 0.606. The van der Waals surface area contributed by atoms with E-state index in [1.807, 2.05) is 43.3 Å². The van der Waals surface area contributed by atoms with Crippen molar-refractivity contribution in [2.24, 2.45) is 13.0 Å². The van der Waals surface area contributed by atoms with Crippen molar-refractivity contribution >= 4 is 11.9 Å². The standard InChI is InChI=1S/C22H31N5O4/c1-3-30-22(29)17-12-25(16-20-5-4-10-31-20)14-19-15-27(9-8-26(19)13-17)21(28)11-18-6-7-24(2)23-18/h4-7,10,17,19H,3,8-9,11-16H2,1-2H3/t17-,19-/m1/s1. The van der Waals surface area contributed by atoms with Gasteiger partial charge in [0.1, 0.15) is 5.76 Å². The molecule has 0 radical (unpaired) electrons. The average molecular weight is 430 g/mol. The summed E-state index contributed by atoms with van der Waals surface area (Å²) in [7, 11) is 1.85. The number of esters is 1. The second kappa shape index (κ2) is 9.65. The summed E-state index contributed by atoms with van der Waals surface area (Å²) in [5.41, 5.74) is 0.789. The number of aromatic nitrogens is 2. The maximum atomic E-state index is 12.9. The highest BCUT2D eigenvalue weighted by Crippen LogP contribution is 2.22. The fourth-order valence-electron chi connectivity index (χ4n) is 4.54. The first-order valence-corrected chi connectivity index (χ1v) is 10.9. The van der Waals surface area contributed by atoms with Crippen LogP contribution in [-0.4, -0.2) is 88.3 Å². The van der Waals surface area contributed by atoms with Crippen LogP contribution >= 0.6 is 0 Å². The normalized spacial score (nSPS) is 22.7. The Morgan fingerprint density at radius 3 is 2.77 bits per heavy atom. The summed E-state index contributed by atoms with van der Waals surface area (Å²) in [6.45, 7) is 6.96. The lowest BCUT2D eigenvalue weighted by Gasteiger charge is -2.41. The van der Waals surface area contributed by atoms with E-state index in [1.54, 1.807) is 10.9 Å². The molecule has 2 fully saturated rings. The van der Waals surface area contributed by atoms with Crippen LogP contribution in [-0.2, 0) is 34.3 Å². The molecule has 2 aliphatic rings. The first-order valence-electron chi connectivity index (χ1n) is 10.9. The van der Waals surface area contributed by atoms with Crippen LogP contribution in [0.5, 0.6) is 0 Å². The Morgan fingerprint density at radius 1 is 1.19 bits per heavy atom. The third kappa shape index (κ3) is 5.34. The number of hydrogen-bond donors (Lipinski definition) is 0. The second-order valence-corrected chi connectivity index (χ2v) is 8.37. The van der Waals surface area contributed by atoms with Crippen LogP contribution in [0, 0.1) is 5.92 Å². The fraction of sp³-hybridized carbons (Fsp3) is 0.591. The van der Waals surface area contributed by atoms with Crippen molar-refractivity contribution in [3.8, 4) is 0 Å². The van der Waals surface area contributed by atoms with Gasteiger partial charge in [0.2, 0.25) is 5.91 Å². The molecule has 2 aromatic heterocycles. The quantitative estimate of drug-likeness (QED) is 0.627. The molecule has 0 saturated carbocycles. The van der Waals surface area contributed by atoms with Gasteiger partial charge in [-0.25, -0.2) is 0 Å². The molecular formula is C22H31N5O4. The number of nitrogens with zero attached hydrogens (tertiary/aromatic N) is 5. The van der Waals surface area contributed by atoms with Gasteiger partial charge >= 0.3 is 5.97 Å². The van der Waals surface area contributed by atoms with Crippen molar-refractivity contribution in [2.75, 3.05) is 45.9 Å². The topological polar surface area (TPSA) is 84.0 Å². The number of carbonyl (C=O) groups is 2. The van der Waals surface area contributed by atoms with Crippen molar-refractivity contribution in [1.82, 2.24) is 24.5 Å². The minimum atomic E-state index is -0.212. The van der Waals surface area contributed by atoms with Gasteiger partial charge in [-0.15, -0.1) is 0 Å². The Morgan fingerprint density at radius 2 is 2.06 bits per heavy atom. The SMILES string of the molecule is CCOC(=O)[C@@H]1CN(Cc2ccco2)C[C@@H]2CN(C(=O)Cc3ccn(C)n3)CCN2C1. The summed E-state index contributed by atoms with van der Waals surface area (Å²) in [6, 6.07) is 5.87. The molecule has 2 aromatic rings. The van der Waals surface area contributed by atoms with Gasteiger partial charge in [-0.05, 0) is 25.1 Å². The van der Waals surface area contributed by atoms with Crippen LogP contribution in [0.4, 0.5) is 0 Å². The maximum absolute atomic E-state index is 12.9. The molecule has 168 valence electrons. The largest absolute Gasteiger partial charge is 0.468 e. The number of fused-ring (bicyclic) bond motifs is 1. The number of amides is 1. The van der Waals surface area contributed by atoms with Crippen LogP contribution < -0.4 is 0 Å². The lowest BCUT2D eigenvalue weighted by atomic mass is 10.1. The van der Waals surface area contributed by atoms with Crippen molar-refractivity contribution in [1.29, 1.82) is 0 Å². The molecule has 1 amide bonds. The highest BCUT2D eigenvalue weighted by molar-refractivity contribution is 5.78. The van der Waals surface area contributed by atoms with E-state index in [0.29, 0.717) is 45.8 Å². The molecule has 2 saturated heterocycles. The molecule has 4 rings (SSSR count). The number of aryl methyl sites for hydroxylation is 1. The Labute approximate surface area is 182 Å². The van der Waals surface area contributed by atoms with Crippen molar-refractivity contribution in [3.05, 3.63) is 42.1 Å². The second-order valence-electron chi connectivity index (χ2n) is 8.37. The zero-order valence-electron chi connectivity index (χ0n) is 18.3. The van der Waals surface area contributed by atoms with E-state index in [2.05, 4.69) is 14.9 Å². The molecule has 9 heteroatoms. The van der Waals surface area contributed by atoms with Crippen molar-refractivity contribution < 1.29 is 18.7 Å². The van der Waals surface area contributed by atoms with Crippen LogP contribution in [0.3, 0.4) is 0 Å². The average Bonchev–Trinajstić information content (AvgIpc) is 3.35. The maximum Gasteiger partial charge on any atom is 0.311 e. The third-order valence-corrected chi connectivity index (χ3v) is 6.04. The molecule has 9 nitrogen and oxygen atoms in total. The Balaban J connectivity index is 1.45. The van der Waals surface area contributed by atoms with Gasteiger partial charge in [-0.3, -0.25) is 24.1 Å². The highest BCUT2D eigenvalue weighted by atomic mass is 16.5. The van der Waals surface area contributed by atoms with E-state index in [-0.39, 0.29) is 23.8 Å². The predicted molar refractivity (Wildman–Crippen MR) is 113 cm³/mol. The Kier molecular flexibility index (Phi) is 6.72. The lowest BCUT2D eigenvalue weighted by Crippen LogP contribution is -2.57. The summed E-state index contributed by atoms with van der Waals surface area (Å²) < 4.78 is 12.6. The van der Waals surface area contributed by atoms with E-state index in [0.717, 1.165) is 24.5 Å². The predicted octanol–water partition coefficient (Wildman–Crippen LogP) is 0.764. The molecular weight excluding hydrogens is 398 g/mol. The van der Waals surface area contributed by atoms with E-state index >= 15 is 0 Å². The fourth-order valence-corrected chi connectivity index (χ4v) is 4.54. The molecule has 0 unspecified atom stereocenters. The van der Waals surface area contributed by atoms with Gasteiger partial charge in [-0.1, -0.05) is 0 Å². The van der Waals surface area contributed by atoms with Crippen LogP contribution in [0.15, 0.2) is 35.1 Å². The van der Waals surface area contributed by atoms with Crippen LogP contribution in [0.2, 0.25) is 0 Å². The monoisotopic (exact) mass is 429 g/mol. The third-order valence-electron chi connectivity index (χ3n) is 6.04. The molecule has 0 aliphatic carbocycles. The van der Waals surface area contributed by atoms with E-state index in [9.17, 15) is 9.59 Å². The number of rotatable bonds is 6. The van der Waals surface area contributed by atoms with E-state index in [1.165, 1.54) is 0 Å². The van der Waals surface area contributed by atoms with Gasteiger partial charge < -0.3 is 14.1 Å². The molecule has 0 N–H and O–H groups in total. The number of hydrogen-bond acceptors (Lipinski definition) is 7. The number of piperazine rings is 1. The summed E-state index contributed by atoms with van der Waals surface area (Å²) >= 11 is 0. The molecule has 4 heterocycles. The molecule has 2 aliphatic heterocycles. The molecule has 0 spiro atoms. The zero-order valence-corrected chi connectivity index (χ0v) is 18.3. The van der Waals surface area contributed by atoms with Crippen LogP contribution in [0.25, 0.3) is 0 Å². The van der Waals surface area contributed by atoms with Gasteiger partial charge in [0, 0.05) is 58.6 Å². The summed E-state index contributed by atoms with van der Waals surface area (Å²) in [5, 5.41) is 4.33. The van der Waals surface area contributed by atoms with Crippen molar-refractivity contribution in [3.63, 3.8) is 0 Å². The van der Waals surface area contributed by atoms with Crippen LogP contribution in [0.1, 0.15) is 18.4 Å². The minimum absolute atomic E-state index is 0.0992. The number of ether oxygens (including phenoxy) is 1. The number of carbonyl (C=O) groups excluding carboxylic acids is 2. The van der Waals surface area contributed by atoms with E-state index < -0.39 is 0 Å². The minimum Gasteiger partial charge on any atom is -0.468 e. The van der Waals surface area contributed by atoms with Gasteiger partial charge in [-0.2, -0.15) is 5.10 Å². The lowest BCUT2D eigenvalue weighted by molar-refractivity contribution is -0.149. The summed E-state index contributed by atoms with van der Waals surface area (Å²) in [6.07, 6.45) is 3.84. The first-order chi connectivity index (χ1) is 15.0. The van der Waals surface area contributed by atoms with Gasteiger partial charge in [0.05, 0.1) is 37.4 Å². The smallest absolute Gasteiger partial charge is 0.311 e. The molecule has 0 aromatic carbocycles. The molecule has 0 bridgehead atoms. The first kappa shape index (κ1) is 21.6. The molecule has 2 atom stereocenters. The van der Waals surface area contributed by atoms with Gasteiger partial charge in [0.25, 0.3) is 0 Å². The van der Waals surface area contributed by atoms with E-state index in [4.69, 9.17) is 9.15 Å². The zero-order chi connectivity index (χ0) is 21.8. The Hall–Kier alpha value is -2.65. The number of furan rings is 1. The van der Waals surface area contributed by atoms with Gasteiger partial charge in [0.15, 0.2) is 0 Å². The Bertz CT molecular complexity index is 880.